The van der Waals surface area contributed by atoms with Crippen molar-refractivity contribution in [3.8, 4) is 0 Å². The smallest absolute Gasteiger partial charge is 0.303 e. The van der Waals surface area contributed by atoms with Crippen LogP contribution in [0.5, 0.6) is 0 Å². The molecule has 9 unspecified atom stereocenters. The second-order valence-corrected chi connectivity index (χ2v) is 12.7. The third-order valence-electron chi connectivity index (χ3n) is 10.7. The molecule has 0 spiro atoms. The van der Waals surface area contributed by atoms with Crippen molar-refractivity contribution >= 4 is 12.3 Å². The van der Waals surface area contributed by atoms with Gasteiger partial charge in [-0.25, -0.2) is 0 Å². The van der Waals surface area contributed by atoms with Crippen LogP contribution in [-0.4, -0.2) is 29.6 Å². The Balaban J connectivity index is 1.64. The van der Waals surface area contributed by atoms with Gasteiger partial charge < -0.3 is 14.6 Å². The van der Waals surface area contributed by atoms with E-state index in [2.05, 4.69) is 40.3 Å². The first-order valence-corrected chi connectivity index (χ1v) is 13.7. The summed E-state index contributed by atoms with van der Waals surface area (Å²) in [5.41, 5.74) is 2.09. The number of rotatable bonds is 7. The van der Waals surface area contributed by atoms with Crippen molar-refractivity contribution in [1.29, 1.82) is 0 Å². The largest absolute Gasteiger partial charge is 0.458 e. The van der Waals surface area contributed by atoms with Crippen LogP contribution < -0.4 is 0 Å². The molecule has 0 amide bonds. The molecule has 0 aliphatic heterocycles. The Bertz CT molecular complexity index is 843. The van der Waals surface area contributed by atoms with Crippen LogP contribution in [0.3, 0.4) is 0 Å². The first-order valence-electron chi connectivity index (χ1n) is 13.7. The van der Waals surface area contributed by atoms with Crippen molar-refractivity contribution in [2.24, 2.45) is 46.3 Å². The minimum atomic E-state index is -0.486. The van der Waals surface area contributed by atoms with Crippen LogP contribution in [0.15, 0.2) is 23.8 Å². The van der Waals surface area contributed by atoms with Gasteiger partial charge in [-0.15, -0.1) is 0 Å². The molecule has 9 atom stereocenters. The SMILES string of the molecule is C=C(CCC(C)C1CCC2C3C(OC(C)=O)C=C4CC(O)CCC4(C=O)C3CCC12C)C(C)C. The van der Waals surface area contributed by atoms with Crippen LogP contribution in [-0.2, 0) is 14.3 Å². The molecule has 190 valence electrons. The Kier molecular flexibility index (Phi) is 7.22. The van der Waals surface area contributed by atoms with Gasteiger partial charge in [0.05, 0.1) is 11.5 Å². The van der Waals surface area contributed by atoms with Gasteiger partial charge in [-0.3, -0.25) is 4.79 Å². The summed E-state index contributed by atoms with van der Waals surface area (Å²) < 4.78 is 5.96. The molecule has 4 nitrogen and oxygen atoms in total. The summed E-state index contributed by atoms with van der Waals surface area (Å²) in [6.07, 6.45) is 11.3. The van der Waals surface area contributed by atoms with Crippen LogP contribution in [0.4, 0.5) is 0 Å². The summed E-state index contributed by atoms with van der Waals surface area (Å²) in [6.45, 7) is 15.2. The third-order valence-corrected chi connectivity index (χ3v) is 10.7. The van der Waals surface area contributed by atoms with E-state index in [9.17, 15) is 14.7 Å². The number of aliphatic hydroxyl groups excluding tert-OH is 1. The number of aliphatic hydroxyl groups is 1. The normalized spacial score (nSPS) is 42.1. The highest BCUT2D eigenvalue weighted by Gasteiger charge is 2.63. The summed E-state index contributed by atoms with van der Waals surface area (Å²) in [7, 11) is 0. The zero-order chi connectivity index (χ0) is 24.8. The van der Waals surface area contributed by atoms with E-state index in [4.69, 9.17) is 4.74 Å². The van der Waals surface area contributed by atoms with Crippen molar-refractivity contribution in [1.82, 2.24) is 0 Å². The maximum Gasteiger partial charge on any atom is 0.303 e. The quantitative estimate of drug-likeness (QED) is 0.270. The molecule has 4 aliphatic carbocycles. The summed E-state index contributed by atoms with van der Waals surface area (Å²) in [6, 6.07) is 0. The second-order valence-electron chi connectivity index (χ2n) is 12.7. The Labute approximate surface area is 206 Å². The molecule has 4 heteroatoms. The minimum absolute atomic E-state index is 0.190. The maximum atomic E-state index is 12.7. The first-order chi connectivity index (χ1) is 16.0. The highest BCUT2D eigenvalue weighted by atomic mass is 16.5. The van der Waals surface area contributed by atoms with Crippen LogP contribution in [0.2, 0.25) is 0 Å². The topological polar surface area (TPSA) is 63.6 Å². The standard InChI is InChI=1S/C30H46O4/c1-18(2)19(3)7-8-20(4)24-9-10-25-28-26(12-13-29(24,25)6)30(17-31)14-11-23(33)15-22(30)16-27(28)34-21(5)32/h16-18,20,23-28,33H,3,7-15H2,1-2,4-6H3. The molecule has 0 heterocycles. The average molecular weight is 471 g/mol. The molecule has 0 bridgehead atoms. The van der Waals surface area contributed by atoms with Crippen LogP contribution >= 0.6 is 0 Å². The summed E-state index contributed by atoms with van der Waals surface area (Å²) >= 11 is 0. The van der Waals surface area contributed by atoms with E-state index in [1.807, 2.05) is 0 Å². The fourth-order valence-electron chi connectivity index (χ4n) is 8.73. The van der Waals surface area contributed by atoms with Gasteiger partial charge in [0.2, 0.25) is 0 Å². The number of allylic oxidation sites excluding steroid dienone is 1. The lowest BCUT2D eigenvalue weighted by atomic mass is 9.46. The average Bonchev–Trinajstić information content (AvgIpc) is 3.13. The Morgan fingerprint density at radius 2 is 1.94 bits per heavy atom. The molecule has 4 aliphatic rings. The number of aldehydes is 1. The Morgan fingerprint density at radius 3 is 2.59 bits per heavy atom. The predicted octanol–water partition coefficient (Wildman–Crippen LogP) is 6.28. The van der Waals surface area contributed by atoms with Crippen molar-refractivity contribution in [2.75, 3.05) is 0 Å². The van der Waals surface area contributed by atoms with Crippen molar-refractivity contribution in [2.45, 2.75) is 105 Å². The van der Waals surface area contributed by atoms with Crippen LogP contribution in [0.1, 0.15) is 92.4 Å². The molecule has 3 fully saturated rings. The fraction of sp³-hybridized carbons (Fsp3) is 0.800. The molecule has 0 aromatic heterocycles. The molecule has 34 heavy (non-hydrogen) atoms. The molecule has 0 saturated heterocycles. The summed E-state index contributed by atoms with van der Waals surface area (Å²) in [5.74, 6) is 2.42. The monoisotopic (exact) mass is 470 g/mol. The number of carbonyl (C=O) groups excluding carboxylic acids is 2. The first kappa shape index (κ1) is 25.7. The molecule has 3 saturated carbocycles. The van der Waals surface area contributed by atoms with Crippen LogP contribution in [0.25, 0.3) is 0 Å². The molecular formula is C30H46O4. The predicted molar refractivity (Wildman–Crippen MR) is 135 cm³/mol. The Hall–Kier alpha value is -1.42. The molecule has 0 aromatic rings. The van der Waals surface area contributed by atoms with Gasteiger partial charge in [0.1, 0.15) is 12.4 Å². The van der Waals surface area contributed by atoms with Gasteiger partial charge in [-0.2, -0.15) is 0 Å². The zero-order valence-corrected chi connectivity index (χ0v) is 22.0. The molecule has 4 rings (SSSR count). The highest BCUT2D eigenvalue weighted by molar-refractivity contribution is 5.69. The van der Waals surface area contributed by atoms with Crippen molar-refractivity contribution in [3.05, 3.63) is 23.8 Å². The van der Waals surface area contributed by atoms with Gasteiger partial charge in [0.15, 0.2) is 0 Å². The van der Waals surface area contributed by atoms with Crippen LogP contribution in [0, 0.1) is 46.3 Å². The lowest BCUT2D eigenvalue weighted by Gasteiger charge is -2.59. The van der Waals surface area contributed by atoms with E-state index in [1.165, 1.54) is 31.6 Å². The summed E-state index contributed by atoms with van der Waals surface area (Å²) in [5, 5.41) is 10.4. The van der Waals surface area contributed by atoms with Gasteiger partial charge in [-0.05, 0) is 98.9 Å². The van der Waals surface area contributed by atoms with Gasteiger partial charge >= 0.3 is 5.97 Å². The number of esters is 1. The molecule has 0 radical (unpaired) electrons. The number of fused-ring (bicyclic) bond motifs is 5. The molecule has 0 aromatic carbocycles. The number of carbonyl (C=O) groups is 2. The molecular weight excluding hydrogens is 424 g/mol. The van der Waals surface area contributed by atoms with Crippen molar-refractivity contribution in [3.63, 3.8) is 0 Å². The lowest BCUT2D eigenvalue weighted by Crippen LogP contribution is -2.57. The number of hydrogen-bond donors (Lipinski definition) is 1. The highest BCUT2D eigenvalue weighted by Crippen LogP contribution is 2.67. The minimum Gasteiger partial charge on any atom is -0.458 e. The maximum absolute atomic E-state index is 12.7. The van der Waals surface area contributed by atoms with Crippen molar-refractivity contribution < 1.29 is 19.4 Å². The van der Waals surface area contributed by atoms with Gasteiger partial charge in [-0.1, -0.05) is 45.4 Å². The van der Waals surface area contributed by atoms with Gasteiger partial charge in [0, 0.05) is 12.8 Å². The lowest BCUT2D eigenvalue weighted by molar-refractivity contribution is -0.160. The van der Waals surface area contributed by atoms with E-state index in [0.717, 1.165) is 37.7 Å². The van der Waals surface area contributed by atoms with E-state index in [0.29, 0.717) is 36.5 Å². The fourth-order valence-corrected chi connectivity index (χ4v) is 8.73. The van der Waals surface area contributed by atoms with E-state index in [-0.39, 0.29) is 29.3 Å². The van der Waals surface area contributed by atoms with E-state index in [1.54, 1.807) is 0 Å². The second kappa shape index (κ2) is 9.56. The van der Waals surface area contributed by atoms with Gasteiger partial charge in [0.25, 0.3) is 0 Å². The zero-order valence-electron chi connectivity index (χ0n) is 22.0. The van der Waals surface area contributed by atoms with E-state index < -0.39 is 11.5 Å². The number of hydrogen-bond acceptors (Lipinski definition) is 4. The number of ether oxygens (including phenoxy) is 1. The molecule has 1 N–H and O–H groups in total. The third kappa shape index (κ3) is 4.22. The van der Waals surface area contributed by atoms with E-state index >= 15 is 0 Å². The summed E-state index contributed by atoms with van der Waals surface area (Å²) in [4.78, 5) is 24.8. The Morgan fingerprint density at radius 1 is 1.21 bits per heavy atom.